The molecule has 0 radical (unpaired) electrons. The van der Waals surface area contributed by atoms with Gasteiger partial charge in [-0.3, -0.25) is 14.5 Å². The Kier molecular flexibility index (Phi) is 10.7. The molecule has 1 N–H and O–H groups in total. The van der Waals surface area contributed by atoms with E-state index < -0.39 is 54.9 Å². The number of nitrogens with zero attached hydrogens (tertiary/aromatic N) is 3. The Hall–Kier alpha value is -2.93. The second kappa shape index (κ2) is 14.4. The van der Waals surface area contributed by atoms with E-state index >= 15 is 14.0 Å². The highest BCUT2D eigenvalue weighted by Gasteiger charge is 2.67. The number of rotatable bonds is 12. The minimum atomic E-state index is -2.88. The van der Waals surface area contributed by atoms with E-state index in [1.54, 1.807) is 0 Å². The summed E-state index contributed by atoms with van der Waals surface area (Å²) in [7, 11) is 0.877. The number of aliphatic hydroxyl groups is 1. The van der Waals surface area contributed by atoms with E-state index in [9.17, 15) is 5.11 Å². The van der Waals surface area contributed by atoms with Crippen LogP contribution in [0.2, 0.25) is 23.2 Å². The van der Waals surface area contributed by atoms with E-state index in [-0.39, 0.29) is 69.1 Å². The summed E-state index contributed by atoms with van der Waals surface area (Å²) in [6, 6.07) is -0.586. The number of ether oxygens (including phenoxy) is 2. The molecule has 286 valence electrons. The van der Waals surface area contributed by atoms with Crippen LogP contribution in [0.1, 0.15) is 118 Å². The first-order valence-electron chi connectivity index (χ1n) is 19.0. The molecule has 0 saturated carbocycles. The molecule has 0 amide bonds. The molecule has 52 heavy (non-hydrogen) atoms. The van der Waals surface area contributed by atoms with Gasteiger partial charge in [0.1, 0.15) is 16.3 Å². The molecular formula is C39H55ClFN3O7Si. The Morgan fingerprint density at radius 3 is 2.31 bits per heavy atom. The number of allylic oxidation sites excluding steroid dienone is 1. The summed E-state index contributed by atoms with van der Waals surface area (Å²) >= 11 is 7.01. The van der Waals surface area contributed by atoms with Gasteiger partial charge in [-0.2, -0.15) is 0 Å². The average molecular weight is 760 g/mol. The number of aliphatic hydroxyl groups excluding tert-OH is 1. The van der Waals surface area contributed by atoms with Gasteiger partial charge in [-0.1, -0.05) is 59.1 Å². The second-order valence-electron chi connectivity index (χ2n) is 16.7. The lowest BCUT2D eigenvalue weighted by Crippen LogP contribution is -2.65. The molecule has 1 fully saturated rings. The largest absolute Gasteiger partial charge is 0.508 e. The van der Waals surface area contributed by atoms with Crippen molar-refractivity contribution >= 4 is 37.2 Å². The predicted octanol–water partition coefficient (Wildman–Crippen LogP) is 8.87. The van der Waals surface area contributed by atoms with Crippen molar-refractivity contribution in [3.8, 4) is 11.6 Å². The zero-order chi connectivity index (χ0) is 37.9. The van der Waals surface area contributed by atoms with Gasteiger partial charge in [0.05, 0.1) is 30.5 Å². The summed E-state index contributed by atoms with van der Waals surface area (Å²) < 4.78 is 42.3. The van der Waals surface area contributed by atoms with Crippen molar-refractivity contribution < 1.29 is 37.5 Å². The summed E-state index contributed by atoms with van der Waals surface area (Å²) in [6.07, 6.45) is 5.36. The average Bonchev–Trinajstić information content (AvgIpc) is 3.74. The Morgan fingerprint density at radius 1 is 1.08 bits per heavy atom. The molecule has 0 unspecified atom stereocenters. The van der Waals surface area contributed by atoms with Crippen molar-refractivity contribution in [2.75, 3.05) is 45.3 Å². The van der Waals surface area contributed by atoms with Gasteiger partial charge < -0.3 is 28.4 Å². The molecule has 13 heteroatoms. The molecule has 2 aromatic rings. The number of hydrogen-bond donors (Lipinski definition) is 1. The SMILES string of the molecule is CCCCOc1noc2c1C(=O)[C@@]1(O[Si](C)(C)C(C)(C)C)C(O)=C3C(=O)c4c(c(F)c(N5CCCC5)c(Cl)c4OCCCC)C[C@H]3C[C@H]1[C@@H]2N(C)C. The Labute approximate surface area is 313 Å². The van der Waals surface area contributed by atoms with Crippen LogP contribution in [-0.2, 0) is 10.8 Å². The zero-order valence-corrected chi connectivity index (χ0v) is 34.0. The molecule has 10 nitrogen and oxygen atoms in total. The molecule has 4 aliphatic rings. The van der Waals surface area contributed by atoms with Crippen molar-refractivity contribution in [1.82, 2.24) is 10.1 Å². The number of fused-ring (bicyclic) bond motifs is 4. The minimum absolute atomic E-state index is 0.0157. The van der Waals surface area contributed by atoms with Gasteiger partial charge in [-0.15, -0.1) is 0 Å². The van der Waals surface area contributed by atoms with E-state index in [1.165, 1.54) is 0 Å². The lowest BCUT2D eigenvalue weighted by molar-refractivity contribution is -0.0481. The summed E-state index contributed by atoms with van der Waals surface area (Å²) in [5.41, 5.74) is -1.28. The smallest absolute Gasteiger partial charge is 0.265 e. The van der Waals surface area contributed by atoms with Crippen molar-refractivity contribution in [2.24, 2.45) is 11.8 Å². The van der Waals surface area contributed by atoms with E-state index in [0.29, 0.717) is 31.9 Å². The first-order valence-corrected chi connectivity index (χ1v) is 22.3. The Balaban J connectivity index is 1.61. The van der Waals surface area contributed by atoms with Gasteiger partial charge >= 0.3 is 0 Å². The summed E-state index contributed by atoms with van der Waals surface area (Å²) in [5, 5.41) is 16.7. The van der Waals surface area contributed by atoms with Crippen LogP contribution in [0.25, 0.3) is 0 Å². The third kappa shape index (κ3) is 6.09. The summed E-state index contributed by atoms with van der Waals surface area (Å²) in [4.78, 5) is 34.2. The Morgan fingerprint density at radius 2 is 1.71 bits per heavy atom. The molecule has 0 spiro atoms. The number of benzene rings is 1. The number of Topliss-reactive ketones (excluding diaryl/α,β-unsaturated/α-hetero) is 2. The molecule has 1 aromatic carbocycles. The van der Waals surface area contributed by atoms with Crippen LogP contribution in [0.4, 0.5) is 10.1 Å². The number of ketones is 2. The third-order valence-corrected chi connectivity index (χ3v) is 16.8. The van der Waals surface area contributed by atoms with Gasteiger partial charge in [0.2, 0.25) is 5.78 Å². The molecule has 1 aliphatic heterocycles. The number of carbonyl (C=O) groups excluding carboxylic acids is 2. The highest BCUT2D eigenvalue weighted by atomic mass is 35.5. The number of carbonyl (C=O) groups is 2. The zero-order valence-electron chi connectivity index (χ0n) is 32.2. The van der Waals surface area contributed by atoms with Gasteiger partial charge in [0.15, 0.2) is 37.0 Å². The van der Waals surface area contributed by atoms with Crippen molar-refractivity contribution in [3.05, 3.63) is 44.6 Å². The molecular weight excluding hydrogens is 705 g/mol. The Bertz CT molecular complexity index is 1760. The number of anilines is 1. The fourth-order valence-electron chi connectivity index (χ4n) is 8.25. The van der Waals surface area contributed by atoms with Crippen LogP contribution in [0.3, 0.4) is 0 Å². The molecule has 1 aromatic heterocycles. The third-order valence-electron chi connectivity index (χ3n) is 12.0. The highest BCUT2D eigenvalue weighted by molar-refractivity contribution is 6.74. The number of unbranched alkanes of at least 4 members (excludes halogenated alkanes) is 2. The van der Waals surface area contributed by atoms with Gasteiger partial charge in [-0.25, -0.2) is 4.39 Å². The van der Waals surface area contributed by atoms with Gasteiger partial charge in [-0.05, 0) is 81.8 Å². The van der Waals surface area contributed by atoms with Crippen LogP contribution in [-0.4, -0.2) is 81.0 Å². The number of halogens is 2. The van der Waals surface area contributed by atoms with E-state index in [4.69, 9.17) is 30.0 Å². The van der Waals surface area contributed by atoms with Crippen LogP contribution in [0, 0.1) is 17.7 Å². The van der Waals surface area contributed by atoms with Gasteiger partial charge in [0.25, 0.3) is 5.88 Å². The molecule has 3 aliphatic carbocycles. The normalized spacial score (nSPS) is 24.6. The van der Waals surface area contributed by atoms with Crippen molar-refractivity contribution in [3.63, 3.8) is 0 Å². The first-order chi connectivity index (χ1) is 24.5. The van der Waals surface area contributed by atoms with Crippen LogP contribution in [0.15, 0.2) is 15.9 Å². The maximum Gasteiger partial charge on any atom is 0.265 e. The maximum atomic E-state index is 16.9. The predicted molar refractivity (Wildman–Crippen MR) is 201 cm³/mol. The number of hydrogen-bond acceptors (Lipinski definition) is 10. The van der Waals surface area contributed by atoms with E-state index in [1.807, 2.05) is 50.8 Å². The lowest BCUT2D eigenvalue weighted by Gasteiger charge is -2.55. The lowest BCUT2D eigenvalue weighted by atomic mass is 9.58. The maximum absolute atomic E-state index is 16.9. The summed E-state index contributed by atoms with van der Waals surface area (Å²) in [6.45, 7) is 16.2. The molecule has 1 saturated heterocycles. The van der Waals surface area contributed by atoms with Crippen LogP contribution in [0.5, 0.6) is 11.6 Å². The fraction of sp³-hybridized carbons (Fsp3) is 0.667. The monoisotopic (exact) mass is 759 g/mol. The summed E-state index contributed by atoms with van der Waals surface area (Å²) in [5.74, 6) is -2.90. The number of aromatic nitrogens is 1. The second-order valence-corrected chi connectivity index (χ2v) is 21.8. The molecule has 2 heterocycles. The van der Waals surface area contributed by atoms with Gasteiger partial charge in [0, 0.05) is 30.1 Å². The van der Waals surface area contributed by atoms with E-state index in [0.717, 1.165) is 32.1 Å². The van der Waals surface area contributed by atoms with Crippen molar-refractivity contribution in [1.29, 1.82) is 0 Å². The quantitative estimate of drug-likeness (QED) is 0.166. The minimum Gasteiger partial charge on any atom is -0.508 e. The topological polar surface area (TPSA) is 115 Å². The molecule has 4 atom stereocenters. The van der Waals surface area contributed by atoms with Crippen molar-refractivity contribution in [2.45, 2.75) is 116 Å². The molecule has 0 bridgehead atoms. The first kappa shape index (κ1) is 38.8. The van der Waals surface area contributed by atoms with Crippen LogP contribution < -0.4 is 14.4 Å². The van der Waals surface area contributed by atoms with Crippen LogP contribution >= 0.6 is 11.6 Å². The standard InChI is InChI=1S/C39H55ClFN3O7Si/c1-10-12-18-48-33-26-23(29(41)31(28(33)40)44-16-14-15-17-44)20-22-21-24-30(43(6)7)34-27(37(42-50-34)49-19-13-11-2)36(47)39(24,35(46)25(22)32(26)45)51-52(8,9)38(3,4)5/h22,24,30,46H,10-21H2,1-9H3/t22-,24-,30-,39-/m0/s1. The highest BCUT2D eigenvalue weighted by Crippen LogP contribution is 2.60. The molecule has 6 rings (SSSR count). The van der Waals surface area contributed by atoms with E-state index in [2.05, 4.69) is 25.9 Å². The fourth-order valence-corrected chi connectivity index (χ4v) is 10.1.